The summed E-state index contributed by atoms with van der Waals surface area (Å²) in [6.45, 7) is 6.37. The molecule has 1 aliphatic rings. The fourth-order valence-corrected chi connectivity index (χ4v) is 2.35. The van der Waals surface area contributed by atoms with Crippen LogP contribution in [0.5, 0.6) is 0 Å². The zero-order valence-electron chi connectivity index (χ0n) is 11.3. The lowest BCUT2D eigenvalue weighted by atomic mass is 9.64. The zero-order chi connectivity index (χ0) is 13.3. The van der Waals surface area contributed by atoms with Gasteiger partial charge in [-0.15, -0.1) is 0 Å². The van der Waals surface area contributed by atoms with Gasteiger partial charge in [-0.1, -0.05) is 13.8 Å². The number of methoxy groups -OCH3 is 1. The quantitative estimate of drug-likeness (QED) is 0.552. The van der Waals surface area contributed by atoms with E-state index in [2.05, 4.69) is 34.6 Å². The fourth-order valence-electron chi connectivity index (χ4n) is 2.35. The van der Waals surface area contributed by atoms with E-state index in [0.29, 0.717) is 18.1 Å². The monoisotopic (exact) mass is 251 g/mol. The third-order valence-corrected chi connectivity index (χ3v) is 3.87. The van der Waals surface area contributed by atoms with Crippen molar-refractivity contribution in [3.05, 3.63) is 11.8 Å². The molecule has 1 aliphatic carbocycles. The van der Waals surface area contributed by atoms with E-state index in [1.165, 1.54) is 0 Å². The molecule has 1 heterocycles. The van der Waals surface area contributed by atoms with Gasteiger partial charge in [0, 0.05) is 30.3 Å². The maximum absolute atomic E-state index is 5.44. The van der Waals surface area contributed by atoms with Gasteiger partial charge in [-0.25, -0.2) is 10.8 Å². The molecule has 0 aromatic carbocycles. The van der Waals surface area contributed by atoms with Gasteiger partial charge >= 0.3 is 0 Å². The smallest absolute Gasteiger partial charge is 0.239 e. The van der Waals surface area contributed by atoms with Crippen LogP contribution in [0.2, 0.25) is 0 Å². The van der Waals surface area contributed by atoms with Crippen LogP contribution in [-0.2, 0) is 4.74 Å². The molecule has 0 radical (unpaired) electrons. The van der Waals surface area contributed by atoms with Gasteiger partial charge in [0.1, 0.15) is 5.82 Å². The number of nitrogens with one attached hydrogen (secondary N) is 2. The minimum absolute atomic E-state index is 0.0996. The number of aryl methyl sites for hydroxylation is 1. The molecule has 4 N–H and O–H groups in total. The summed E-state index contributed by atoms with van der Waals surface area (Å²) in [5.74, 6) is 6.56. The Labute approximate surface area is 107 Å². The third kappa shape index (κ3) is 2.13. The van der Waals surface area contributed by atoms with Gasteiger partial charge in [-0.3, -0.25) is 5.43 Å². The summed E-state index contributed by atoms with van der Waals surface area (Å²) in [5, 5.41) is 3.45. The molecule has 2 rings (SSSR count). The van der Waals surface area contributed by atoms with Crippen molar-refractivity contribution in [3.63, 3.8) is 0 Å². The SMILES string of the molecule is COC1CC(Nc2nc(NN)ncc2C)C1(C)C. The molecular formula is C12H21N5O. The van der Waals surface area contributed by atoms with Gasteiger partial charge in [0.15, 0.2) is 0 Å². The summed E-state index contributed by atoms with van der Waals surface area (Å²) in [6.07, 6.45) is 3.03. The van der Waals surface area contributed by atoms with E-state index in [1.807, 2.05) is 6.92 Å². The van der Waals surface area contributed by atoms with Crippen LogP contribution in [0.4, 0.5) is 11.8 Å². The van der Waals surface area contributed by atoms with Crippen LogP contribution >= 0.6 is 0 Å². The molecule has 0 spiro atoms. The Morgan fingerprint density at radius 2 is 2.22 bits per heavy atom. The normalized spacial score (nSPS) is 25.4. The van der Waals surface area contributed by atoms with Crippen LogP contribution in [0.25, 0.3) is 0 Å². The van der Waals surface area contributed by atoms with Crippen molar-refractivity contribution in [3.8, 4) is 0 Å². The summed E-state index contributed by atoms with van der Waals surface area (Å²) >= 11 is 0. The minimum Gasteiger partial charge on any atom is -0.381 e. The standard InChI is InChI=1S/C12H21N5O/c1-7-6-14-11(17-13)16-10(7)15-8-5-9(18-4)12(8,2)3/h6,8-9H,5,13H2,1-4H3,(H2,14,15,16,17). The Hall–Kier alpha value is -1.40. The van der Waals surface area contributed by atoms with Crippen LogP contribution < -0.4 is 16.6 Å². The van der Waals surface area contributed by atoms with Gasteiger partial charge in [-0.2, -0.15) is 4.98 Å². The van der Waals surface area contributed by atoms with Crippen molar-refractivity contribution in [2.45, 2.75) is 39.3 Å². The Morgan fingerprint density at radius 1 is 1.50 bits per heavy atom. The molecule has 6 nitrogen and oxygen atoms in total. The first kappa shape index (κ1) is 13.0. The number of anilines is 2. The summed E-state index contributed by atoms with van der Waals surface area (Å²) in [6, 6.07) is 0.349. The van der Waals surface area contributed by atoms with E-state index >= 15 is 0 Å². The highest BCUT2D eigenvalue weighted by Gasteiger charge is 2.48. The Bertz CT molecular complexity index is 434. The lowest BCUT2D eigenvalue weighted by molar-refractivity contribution is -0.0795. The van der Waals surface area contributed by atoms with Gasteiger partial charge in [0.25, 0.3) is 0 Å². The number of nitrogens with two attached hydrogens (primary N) is 1. The minimum atomic E-state index is 0.0996. The Balaban J connectivity index is 2.11. The number of ether oxygens (including phenoxy) is 1. The predicted octanol–water partition coefficient (Wildman–Crippen LogP) is 1.30. The van der Waals surface area contributed by atoms with Crippen molar-refractivity contribution in [2.24, 2.45) is 11.3 Å². The molecular weight excluding hydrogens is 230 g/mol. The second-order valence-electron chi connectivity index (χ2n) is 5.35. The molecule has 0 saturated heterocycles. The molecule has 0 aliphatic heterocycles. The van der Waals surface area contributed by atoms with Crippen molar-refractivity contribution >= 4 is 11.8 Å². The molecule has 2 atom stereocenters. The molecule has 2 unspecified atom stereocenters. The van der Waals surface area contributed by atoms with Crippen LogP contribution in [0.3, 0.4) is 0 Å². The second kappa shape index (κ2) is 4.70. The number of hydrogen-bond donors (Lipinski definition) is 3. The lowest BCUT2D eigenvalue weighted by Gasteiger charge is -2.51. The van der Waals surface area contributed by atoms with E-state index < -0.39 is 0 Å². The van der Waals surface area contributed by atoms with Crippen molar-refractivity contribution in [1.29, 1.82) is 0 Å². The molecule has 100 valence electrons. The van der Waals surface area contributed by atoms with E-state index in [-0.39, 0.29) is 5.41 Å². The molecule has 6 heteroatoms. The molecule has 1 aromatic heterocycles. The summed E-state index contributed by atoms with van der Waals surface area (Å²) < 4.78 is 5.44. The maximum atomic E-state index is 5.44. The van der Waals surface area contributed by atoms with E-state index in [0.717, 1.165) is 17.8 Å². The van der Waals surface area contributed by atoms with Crippen LogP contribution in [0, 0.1) is 12.3 Å². The third-order valence-electron chi connectivity index (χ3n) is 3.87. The molecule has 18 heavy (non-hydrogen) atoms. The maximum Gasteiger partial charge on any atom is 0.239 e. The molecule has 0 bridgehead atoms. The molecule has 1 fully saturated rings. The zero-order valence-corrected chi connectivity index (χ0v) is 11.3. The van der Waals surface area contributed by atoms with Crippen molar-refractivity contribution < 1.29 is 4.74 Å². The lowest BCUT2D eigenvalue weighted by Crippen LogP contribution is -2.57. The first-order chi connectivity index (χ1) is 8.48. The highest BCUT2D eigenvalue weighted by atomic mass is 16.5. The van der Waals surface area contributed by atoms with E-state index in [4.69, 9.17) is 10.6 Å². The van der Waals surface area contributed by atoms with Crippen LogP contribution in [0.1, 0.15) is 25.8 Å². The number of hydrogen-bond acceptors (Lipinski definition) is 6. The van der Waals surface area contributed by atoms with Gasteiger partial charge in [0.2, 0.25) is 5.95 Å². The number of rotatable bonds is 4. The van der Waals surface area contributed by atoms with E-state index in [9.17, 15) is 0 Å². The van der Waals surface area contributed by atoms with Gasteiger partial charge in [0.05, 0.1) is 6.10 Å². The second-order valence-corrected chi connectivity index (χ2v) is 5.35. The topological polar surface area (TPSA) is 85.1 Å². The molecule has 1 aromatic rings. The van der Waals surface area contributed by atoms with Crippen molar-refractivity contribution in [1.82, 2.24) is 9.97 Å². The first-order valence-corrected chi connectivity index (χ1v) is 6.08. The Kier molecular flexibility index (Phi) is 3.41. The van der Waals surface area contributed by atoms with Crippen LogP contribution in [-0.4, -0.2) is 29.2 Å². The van der Waals surface area contributed by atoms with Crippen LogP contribution in [0.15, 0.2) is 6.20 Å². The Morgan fingerprint density at radius 3 is 2.78 bits per heavy atom. The molecule has 0 amide bonds. The average Bonchev–Trinajstić information content (AvgIpc) is 2.35. The van der Waals surface area contributed by atoms with Crippen molar-refractivity contribution in [2.75, 3.05) is 17.9 Å². The first-order valence-electron chi connectivity index (χ1n) is 6.08. The molecule has 1 saturated carbocycles. The highest BCUT2D eigenvalue weighted by Crippen LogP contribution is 2.44. The van der Waals surface area contributed by atoms with Gasteiger partial charge < -0.3 is 10.1 Å². The largest absolute Gasteiger partial charge is 0.381 e. The number of nitrogen functional groups attached to an aromatic ring is 1. The number of nitrogens with zero attached hydrogens (tertiary/aromatic N) is 2. The summed E-state index contributed by atoms with van der Waals surface area (Å²) in [7, 11) is 1.76. The van der Waals surface area contributed by atoms with E-state index in [1.54, 1.807) is 13.3 Å². The fraction of sp³-hybridized carbons (Fsp3) is 0.667. The average molecular weight is 251 g/mol. The summed E-state index contributed by atoms with van der Waals surface area (Å²) in [5.41, 5.74) is 3.56. The highest BCUT2D eigenvalue weighted by molar-refractivity contribution is 5.47. The summed E-state index contributed by atoms with van der Waals surface area (Å²) in [4.78, 5) is 8.39. The van der Waals surface area contributed by atoms with Gasteiger partial charge in [-0.05, 0) is 13.3 Å². The predicted molar refractivity (Wildman–Crippen MR) is 71.2 cm³/mol. The number of hydrazine groups is 1. The number of aromatic nitrogens is 2.